The van der Waals surface area contributed by atoms with E-state index in [-0.39, 0.29) is 5.69 Å². The molecule has 0 unspecified atom stereocenters. The minimum Gasteiger partial charge on any atom is -0.406 e. The number of rotatable bonds is 4. The Kier molecular flexibility index (Phi) is 4.34. The summed E-state index contributed by atoms with van der Waals surface area (Å²) in [5, 5.41) is 12.6. The zero-order chi connectivity index (χ0) is 15.4. The van der Waals surface area contributed by atoms with Gasteiger partial charge in [0.15, 0.2) is 0 Å². The second-order valence-corrected chi connectivity index (χ2v) is 5.46. The molecule has 1 saturated heterocycles. The molecule has 1 fully saturated rings. The van der Waals surface area contributed by atoms with E-state index >= 15 is 0 Å². The Morgan fingerprint density at radius 1 is 1.00 bits per heavy atom. The Morgan fingerprint density at radius 2 is 1.64 bits per heavy atom. The van der Waals surface area contributed by atoms with Gasteiger partial charge in [-0.15, -0.1) is 5.06 Å². The van der Waals surface area contributed by atoms with Crippen molar-refractivity contribution in [3.8, 4) is 5.75 Å². The van der Waals surface area contributed by atoms with E-state index in [2.05, 4.69) is 24.3 Å². The number of nitro groups is 1. The van der Waals surface area contributed by atoms with Crippen molar-refractivity contribution in [2.75, 3.05) is 13.1 Å². The molecule has 0 aromatic heterocycles. The molecule has 0 aliphatic carbocycles. The van der Waals surface area contributed by atoms with Crippen LogP contribution in [0.1, 0.15) is 24.3 Å². The summed E-state index contributed by atoms with van der Waals surface area (Å²) in [6.45, 7) is 1.72. The van der Waals surface area contributed by atoms with Gasteiger partial charge in [0.25, 0.3) is 5.69 Å². The largest absolute Gasteiger partial charge is 0.406 e. The number of nitrogens with zero attached hydrogens (tertiary/aromatic N) is 2. The van der Waals surface area contributed by atoms with E-state index in [0.717, 1.165) is 25.9 Å². The molecule has 0 spiro atoms. The molecule has 22 heavy (non-hydrogen) atoms. The lowest BCUT2D eigenvalue weighted by Gasteiger charge is -2.31. The number of non-ortho nitro benzene ring substituents is 1. The molecular weight excluding hydrogens is 280 g/mol. The molecule has 0 saturated carbocycles. The van der Waals surface area contributed by atoms with Crippen LogP contribution in [0, 0.1) is 10.1 Å². The van der Waals surface area contributed by atoms with Gasteiger partial charge in [-0.1, -0.05) is 30.3 Å². The van der Waals surface area contributed by atoms with Crippen molar-refractivity contribution in [3.05, 3.63) is 70.3 Å². The average Bonchev–Trinajstić information content (AvgIpc) is 2.57. The van der Waals surface area contributed by atoms with Crippen LogP contribution in [0.25, 0.3) is 0 Å². The molecule has 2 aromatic rings. The third kappa shape index (κ3) is 3.43. The summed E-state index contributed by atoms with van der Waals surface area (Å²) in [4.78, 5) is 16.0. The molecule has 114 valence electrons. The Morgan fingerprint density at radius 3 is 2.23 bits per heavy atom. The summed E-state index contributed by atoms with van der Waals surface area (Å²) in [6, 6.07) is 16.8. The monoisotopic (exact) mass is 298 g/mol. The average molecular weight is 298 g/mol. The van der Waals surface area contributed by atoms with Crippen LogP contribution in [0.5, 0.6) is 5.75 Å². The summed E-state index contributed by atoms with van der Waals surface area (Å²) >= 11 is 0. The van der Waals surface area contributed by atoms with Gasteiger partial charge in [0, 0.05) is 25.2 Å². The quantitative estimate of drug-likeness (QED) is 0.637. The van der Waals surface area contributed by atoms with E-state index in [0.29, 0.717) is 11.7 Å². The minimum absolute atomic E-state index is 0.0788. The maximum Gasteiger partial charge on any atom is 0.269 e. The minimum atomic E-state index is -0.408. The summed E-state index contributed by atoms with van der Waals surface area (Å²) in [7, 11) is 0. The molecule has 5 heteroatoms. The van der Waals surface area contributed by atoms with Gasteiger partial charge in [-0.3, -0.25) is 10.1 Å². The lowest BCUT2D eigenvalue weighted by Crippen LogP contribution is -2.35. The molecular formula is C17H18N2O3. The molecule has 0 radical (unpaired) electrons. The lowest BCUT2D eigenvalue weighted by molar-refractivity contribution is -0.384. The molecule has 0 N–H and O–H groups in total. The Bertz CT molecular complexity index is 620. The van der Waals surface area contributed by atoms with Crippen LogP contribution in [-0.4, -0.2) is 23.1 Å². The maximum atomic E-state index is 10.6. The van der Waals surface area contributed by atoms with Crippen molar-refractivity contribution in [1.29, 1.82) is 0 Å². The van der Waals surface area contributed by atoms with Crippen molar-refractivity contribution < 1.29 is 9.76 Å². The predicted octanol–water partition coefficient (Wildman–Crippen LogP) is 3.77. The van der Waals surface area contributed by atoms with Gasteiger partial charge in [-0.05, 0) is 36.5 Å². The Labute approximate surface area is 129 Å². The van der Waals surface area contributed by atoms with Crippen molar-refractivity contribution in [2.45, 2.75) is 18.8 Å². The van der Waals surface area contributed by atoms with Crippen LogP contribution in [0.2, 0.25) is 0 Å². The first-order valence-corrected chi connectivity index (χ1v) is 7.45. The number of benzene rings is 2. The van der Waals surface area contributed by atoms with Crippen LogP contribution in [0.3, 0.4) is 0 Å². The zero-order valence-electron chi connectivity index (χ0n) is 12.2. The molecule has 2 aromatic carbocycles. The lowest BCUT2D eigenvalue weighted by atomic mass is 9.90. The maximum absolute atomic E-state index is 10.6. The third-order valence-corrected chi connectivity index (χ3v) is 4.01. The van der Waals surface area contributed by atoms with Gasteiger partial charge in [0.2, 0.25) is 0 Å². The van der Waals surface area contributed by atoms with Gasteiger partial charge < -0.3 is 4.84 Å². The summed E-state index contributed by atoms with van der Waals surface area (Å²) in [5.74, 6) is 1.22. The van der Waals surface area contributed by atoms with Gasteiger partial charge in [-0.25, -0.2) is 0 Å². The SMILES string of the molecule is O=[N+]([O-])c1ccc(ON2CCC(c3ccccc3)CC2)cc1. The van der Waals surface area contributed by atoms with Crippen molar-refractivity contribution in [2.24, 2.45) is 0 Å². The first-order valence-electron chi connectivity index (χ1n) is 7.45. The van der Waals surface area contributed by atoms with Gasteiger partial charge >= 0.3 is 0 Å². The Balaban J connectivity index is 1.54. The summed E-state index contributed by atoms with van der Waals surface area (Å²) in [5.41, 5.74) is 1.47. The molecule has 1 heterocycles. The number of piperidine rings is 1. The van der Waals surface area contributed by atoms with Crippen molar-refractivity contribution in [1.82, 2.24) is 5.06 Å². The van der Waals surface area contributed by atoms with E-state index in [1.165, 1.54) is 17.7 Å². The molecule has 1 aliphatic heterocycles. The summed E-state index contributed by atoms with van der Waals surface area (Å²) in [6.07, 6.45) is 2.11. The predicted molar refractivity (Wildman–Crippen MR) is 83.7 cm³/mol. The highest BCUT2D eigenvalue weighted by molar-refractivity contribution is 5.35. The van der Waals surface area contributed by atoms with E-state index in [9.17, 15) is 10.1 Å². The van der Waals surface area contributed by atoms with Crippen LogP contribution in [-0.2, 0) is 0 Å². The summed E-state index contributed by atoms with van der Waals surface area (Å²) < 4.78 is 0. The normalized spacial score (nSPS) is 16.4. The van der Waals surface area contributed by atoms with Crippen molar-refractivity contribution in [3.63, 3.8) is 0 Å². The van der Waals surface area contributed by atoms with E-state index in [4.69, 9.17) is 4.84 Å². The fourth-order valence-corrected chi connectivity index (χ4v) is 2.78. The van der Waals surface area contributed by atoms with Crippen LogP contribution in [0.15, 0.2) is 54.6 Å². The highest BCUT2D eigenvalue weighted by Gasteiger charge is 2.21. The number of nitro benzene ring substituents is 1. The first-order chi connectivity index (χ1) is 10.7. The van der Waals surface area contributed by atoms with Gasteiger partial charge in [0.1, 0.15) is 5.75 Å². The van der Waals surface area contributed by atoms with Gasteiger partial charge in [-0.2, -0.15) is 0 Å². The molecule has 3 rings (SSSR count). The highest BCUT2D eigenvalue weighted by atomic mass is 16.7. The molecule has 1 aliphatic rings. The fourth-order valence-electron chi connectivity index (χ4n) is 2.78. The van der Waals surface area contributed by atoms with E-state index < -0.39 is 4.92 Å². The van der Waals surface area contributed by atoms with Crippen LogP contribution < -0.4 is 4.84 Å². The first kappa shape index (κ1) is 14.5. The van der Waals surface area contributed by atoms with Crippen LogP contribution >= 0.6 is 0 Å². The number of hydroxylamine groups is 2. The second kappa shape index (κ2) is 6.58. The van der Waals surface area contributed by atoms with E-state index in [1.54, 1.807) is 12.1 Å². The number of hydrogen-bond acceptors (Lipinski definition) is 4. The topological polar surface area (TPSA) is 55.6 Å². The van der Waals surface area contributed by atoms with Crippen molar-refractivity contribution >= 4 is 5.69 Å². The zero-order valence-corrected chi connectivity index (χ0v) is 12.2. The molecule has 0 amide bonds. The fraction of sp³-hybridized carbons (Fsp3) is 0.294. The smallest absolute Gasteiger partial charge is 0.269 e. The van der Waals surface area contributed by atoms with Crippen LogP contribution in [0.4, 0.5) is 5.69 Å². The number of hydrogen-bond donors (Lipinski definition) is 0. The molecule has 5 nitrogen and oxygen atoms in total. The van der Waals surface area contributed by atoms with E-state index in [1.807, 2.05) is 11.1 Å². The molecule has 0 bridgehead atoms. The third-order valence-electron chi connectivity index (χ3n) is 4.01. The highest BCUT2D eigenvalue weighted by Crippen LogP contribution is 2.28. The second-order valence-electron chi connectivity index (χ2n) is 5.46. The molecule has 0 atom stereocenters. The van der Waals surface area contributed by atoms with Gasteiger partial charge in [0.05, 0.1) is 4.92 Å². The standard InChI is InChI=1S/C17H18N2O3/c20-19(21)16-6-8-17(9-7-16)22-18-12-10-15(11-13-18)14-4-2-1-3-5-14/h1-9,15H,10-13H2. The Hall–Kier alpha value is -2.40.